The standard InChI is InChI=1S/C18H35N/c1-13-6-7-15(10-14(13)2)17-11-18(3,4)9-8-16(17)12-19-5/h13-17,19H,6-12H2,1-5H3. The van der Waals surface area contributed by atoms with Gasteiger partial charge in [-0.3, -0.25) is 0 Å². The quantitative estimate of drug-likeness (QED) is 0.778. The second-order valence-electron chi connectivity index (χ2n) is 8.42. The van der Waals surface area contributed by atoms with Crippen LogP contribution in [0, 0.1) is 35.0 Å². The predicted molar refractivity (Wildman–Crippen MR) is 84.2 cm³/mol. The Bertz CT molecular complexity index is 283. The number of hydrogen-bond acceptors (Lipinski definition) is 1. The normalized spacial score (nSPS) is 43.1. The maximum Gasteiger partial charge on any atom is -0.00208 e. The van der Waals surface area contributed by atoms with Gasteiger partial charge in [-0.25, -0.2) is 0 Å². The number of hydrogen-bond donors (Lipinski definition) is 1. The van der Waals surface area contributed by atoms with Gasteiger partial charge in [-0.15, -0.1) is 0 Å². The average Bonchev–Trinajstić information content (AvgIpc) is 2.35. The molecule has 2 aliphatic rings. The minimum atomic E-state index is 0.585. The lowest BCUT2D eigenvalue weighted by atomic mass is 9.59. The molecule has 0 aromatic rings. The fourth-order valence-electron chi connectivity index (χ4n) is 4.74. The molecule has 112 valence electrons. The first-order valence-electron chi connectivity index (χ1n) is 8.57. The van der Waals surface area contributed by atoms with Gasteiger partial charge in [-0.2, -0.15) is 0 Å². The van der Waals surface area contributed by atoms with Crippen LogP contribution in [0.15, 0.2) is 0 Å². The summed E-state index contributed by atoms with van der Waals surface area (Å²) < 4.78 is 0. The molecule has 1 nitrogen and oxygen atoms in total. The molecule has 1 N–H and O–H groups in total. The van der Waals surface area contributed by atoms with Crippen molar-refractivity contribution in [1.82, 2.24) is 5.32 Å². The maximum absolute atomic E-state index is 3.45. The summed E-state index contributed by atoms with van der Waals surface area (Å²) in [6, 6.07) is 0. The van der Waals surface area contributed by atoms with E-state index in [4.69, 9.17) is 0 Å². The molecule has 0 aromatic heterocycles. The second-order valence-corrected chi connectivity index (χ2v) is 8.42. The topological polar surface area (TPSA) is 12.0 Å². The summed E-state index contributed by atoms with van der Waals surface area (Å²) in [6.07, 6.45) is 8.78. The van der Waals surface area contributed by atoms with Crippen LogP contribution in [0.3, 0.4) is 0 Å². The van der Waals surface area contributed by atoms with E-state index in [0.717, 1.165) is 29.6 Å². The van der Waals surface area contributed by atoms with Gasteiger partial charge in [0.05, 0.1) is 0 Å². The number of rotatable bonds is 3. The van der Waals surface area contributed by atoms with Crippen molar-refractivity contribution < 1.29 is 0 Å². The van der Waals surface area contributed by atoms with Crippen molar-refractivity contribution in [2.45, 2.75) is 66.2 Å². The summed E-state index contributed by atoms with van der Waals surface area (Å²) in [5.41, 5.74) is 0.585. The smallest absolute Gasteiger partial charge is 0.00208 e. The van der Waals surface area contributed by atoms with E-state index >= 15 is 0 Å². The molecule has 19 heavy (non-hydrogen) atoms. The second kappa shape index (κ2) is 6.16. The van der Waals surface area contributed by atoms with Gasteiger partial charge in [-0.1, -0.05) is 34.1 Å². The molecule has 5 atom stereocenters. The van der Waals surface area contributed by atoms with Crippen molar-refractivity contribution in [2.75, 3.05) is 13.6 Å². The Labute approximate surface area is 120 Å². The lowest BCUT2D eigenvalue weighted by molar-refractivity contribution is 0.0388. The summed E-state index contributed by atoms with van der Waals surface area (Å²) in [4.78, 5) is 0. The van der Waals surface area contributed by atoms with Gasteiger partial charge in [0.1, 0.15) is 0 Å². The molecule has 0 aliphatic heterocycles. The molecule has 0 radical (unpaired) electrons. The predicted octanol–water partition coefficient (Wildman–Crippen LogP) is 4.72. The van der Waals surface area contributed by atoms with E-state index in [1.807, 2.05) is 0 Å². The molecule has 0 heterocycles. The summed E-state index contributed by atoms with van der Waals surface area (Å²) in [7, 11) is 2.13. The lowest BCUT2D eigenvalue weighted by Gasteiger charge is -2.47. The Hall–Kier alpha value is -0.0400. The largest absolute Gasteiger partial charge is 0.319 e. The highest BCUT2D eigenvalue weighted by atomic mass is 14.8. The Morgan fingerprint density at radius 3 is 2.42 bits per heavy atom. The van der Waals surface area contributed by atoms with Crippen molar-refractivity contribution in [1.29, 1.82) is 0 Å². The SMILES string of the molecule is CNCC1CCC(C)(C)CC1C1CCC(C)C(C)C1. The van der Waals surface area contributed by atoms with Crippen LogP contribution in [0.1, 0.15) is 66.2 Å². The highest BCUT2D eigenvalue weighted by Crippen LogP contribution is 2.49. The molecule has 2 rings (SSSR count). The zero-order chi connectivity index (χ0) is 14.0. The summed E-state index contributed by atoms with van der Waals surface area (Å²) in [5.74, 6) is 4.81. The summed E-state index contributed by atoms with van der Waals surface area (Å²) in [6.45, 7) is 11.2. The van der Waals surface area contributed by atoms with Gasteiger partial charge in [0.2, 0.25) is 0 Å². The highest BCUT2D eigenvalue weighted by molar-refractivity contribution is 4.91. The van der Waals surface area contributed by atoms with Crippen LogP contribution in [0.25, 0.3) is 0 Å². The van der Waals surface area contributed by atoms with E-state index in [1.165, 1.54) is 45.1 Å². The van der Waals surface area contributed by atoms with Gasteiger partial charge in [-0.05, 0) is 80.7 Å². The third-order valence-corrected chi connectivity index (χ3v) is 6.30. The van der Waals surface area contributed by atoms with Crippen molar-refractivity contribution in [2.24, 2.45) is 35.0 Å². The highest BCUT2D eigenvalue weighted by Gasteiger charge is 2.40. The molecule has 2 saturated carbocycles. The molecule has 1 heteroatoms. The van der Waals surface area contributed by atoms with Crippen molar-refractivity contribution in [3.63, 3.8) is 0 Å². The fourth-order valence-corrected chi connectivity index (χ4v) is 4.74. The summed E-state index contributed by atoms with van der Waals surface area (Å²) >= 11 is 0. The van der Waals surface area contributed by atoms with E-state index in [-0.39, 0.29) is 0 Å². The fraction of sp³-hybridized carbons (Fsp3) is 1.00. The third kappa shape index (κ3) is 3.74. The molecule has 0 spiro atoms. The van der Waals surface area contributed by atoms with Crippen LogP contribution < -0.4 is 5.32 Å². The van der Waals surface area contributed by atoms with Crippen molar-refractivity contribution >= 4 is 0 Å². The molecule has 2 fully saturated rings. The van der Waals surface area contributed by atoms with Crippen molar-refractivity contribution in [3.05, 3.63) is 0 Å². The van der Waals surface area contributed by atoms with E-state index in [0.29, 0.717) is 5.41 Å². The zero-order valence-corrected chi connectivity index (χ0v) is 13.8. The zero-order valence-electron chi connectivity index (χ0n) is 13.8. The molecule has 0 saturated heterocycles. The van der Waals surface area contributed by atoms with Gasteiger partial charge >= 0.3 is 0 Å². The maximum atomic E-state index is 3.45. The van der Waals surface area contributed by atoms with Gasteiger partial charge in [0.15, 0.2) is 0 Å². The first-order valence-corrected chi connectivity index (χ1v) is 8.57. The molecule has 2 aliphatic carbocycles. The van der Waals surface area contributed by atoms with Crippen LogP contribution in [0.4, 0.5) is 0 Å². The Kier molecular flexibility index (Phi) is 4.98. The first-order chi connectivity index (χ1) is 8.93. The molecular formula is C18H35N. The first kappa shape index (κ1) is 15.4. The van der Waals surface area contributed by atoms with Gasteiger partial charge in [0.25, 0.3) is 0 Å². The molecule has 0 amide bonds. The average molecular weight is 265 g/mol. The minimum absolute atomic E-state index is 0.585. The lowest BCUT2D eigenvalue weighted by Crippen LogP contribution is -2.40. The van der Waals surface area contributed by atoms with Crippen molar-refractivity contribution in [3.8, 4) is 0 Å². The van der Waals surface area contributed by atoms with Gasteiger partial charge in [0, 0.05) is 0 Å². The van der Waals surface area contributed by atoms with Crippen LogP contribution in [0.2, 0.25) is 0 Å². The Morgan fingerprint density at radius 2 is 1.79 bits per heavy atom. The van der Waals surface area contributed by atoms with Crippen LogP contribution in [0.5, 0.6) is 0 Å². The van der Waals surface area contributed by atoms with Gasteiger partial charge < -0.3 is 5.32 Å². The third-order valence-electron chi connectivity index (χ3n) is 6.30. The molecule has 5 unspecified atom stereocenters. The van der Waals surface area contributed by atoms with Crippen LogP contribution >= 0.6 is 0 Å². The number of nitrogens with one attached hydrogen (secondary N) is 1. The van der Waals surface area contributed by atoms with Crippen LogP contribution in [-0.2, 0) is 0 Å². The van der Waals surface area contributed by atoms with E-state index < -0.39 is 0 Å². The minimum Gasteiger partial charge on any atom is -0.319 e. The van der Waals surface area contributed by atoms with E-state index in [1.54, 1.807) is 0 Å². The molecule has 0 bridgehead atoms. The van der Waals surface area contributed by atoms with E-state index in [2.05, 4.69) is 40.1 Å². The Morgan fingerprint density at radius 1 is 1.05 bits per heavy atom. The molecular weight excluding hydrogens is 230 g/mol. The Balaban J connectivity index is 2.04. The van der Waals surface area contributed by atoms with Crippen LogP contribution in [-0.4, -0.2) is 13.6 Å². The molecule has 0 aromatic carbocycles. The van der Waals surface area contributed by atoms with E-state index in [9.17, 15) is 0 Å². The summed E-state index contributed by atoms with van der Waals surface area (Å²) in [5, 5.41) is 3.45. The monoisotopic (exact) mass is 265 g/mol.